The SMILES string of the molecule is CCOc1cc(C(=O)Nc2ccc(OCCN)cc2)c([N+](=O)[O-])cc1OC.Cl. The molecular formula is C18H22ClN3O6. The van der Waals surface area contributed by atoms with Crippen LogP contribution in [0.25, 0.3) is 0 Å². The molecule has 0 aliphatic heterocycles. The van der Waals surface area contributed by atoms with Crippen LogP contribution in [0.3, 0.4) is 0 Å². The lowest BCUT2D eigenvalue weighted by molar-refractivity contribution is -0.385. The third-order valence-corrected chi connectivity index (χ3v) is 3.52. The third kappa shape index (κ3) is 5.73. The maximum atomic E-state index is 12.6. The lowest BCUT2D eigenvalue weighted by atomic mass is 10.1. The van der Waals surface area contributed by atoms with E-state index >= 15 is 0 Å². The van der Waals surface area contributed by atoms with E-state index in [1.54, 1.807) is 31.2 Å². The molecule has 28 heavy (non-hydrogen) atoms. The average molecular weight is 412 g/mol. The van der Waals surface area contributed by atoms with Crippen molar-refractivity contribution >= 4 is 29.7 Å². The van der Waals surface area contributed by atoms with Crippen LogP contribution in [0.15, 0.2) is 36.4 Å². The molecule has 10 heteroatoms. The van der Waals surface area contributed by atoms with Crippen molar-refractivity contribution in [1.82, 2.24) is 0 Å². The fraction of sp³-hybridized carbons (Fsp3) is 0.278. The van der Waals surface area contributed by atoms with E-state index in [1.807, 2.05) is 0 Å². The van der Waals surface area contributed by atoms with E-state index in [2.05, 4.69) is 5.32 Å². The molecule has 0 aliphatic carbocycles. The number of nitrogens with one attached hydrogen (secondary N) is 1. The van der Waals surface area contributed by atoms with Gasteiger partial charge in [-0.15, -0.1) is 12.4 Å². The van der Waals surface area contributed by atoms with Crippen LogP contribution in [-0.4, -0.2) is 37.7 Å². The average Bonchev–Trinajstić information content (AvgIpc) is 2.67. The van der Waals surface area contributed by atoms with Gasteiger partial charge < -0.3 is 25.3 Å². The largest absolute Gasteiger partial charge is 0.493 e. The van der Waals surface area contributed by atoms with E-state index in [4.69, 9.17) is 19.9 Å². The molecular weight excluding hydrogens is 390 g/mol. The maximum Gasteiger partial charge on any atom is 0.286 e. The van der Waals surface area contributed by atoms with Crippen molar-refractivity contribution in [1.29, 1.82) is 0 Å². The maximum absolute atomic E-state index is 12.6. The molecule has 2 aromatic rings. The summed E-state index contributed by atoms with van der Waals surface area (Å²) < 4.78 is 15.9. The number of amides is 1. The Kier molecular flexibility index (Phi) is 9.00. The van der Waals surface area contributed by atoms with Gasteiger partial charge in [0.15, 0.2) is 11.5 Å². The standard InChI is InChI=1S/C18H21N3O6.ClH/c1-3-26-17-10-14(15(21(23)24)11-16(17)25-2)18(22)20-12-4-6-13(7-5-12)27-9-8-19;/h4-7,10-11H,3,8-9,19H2,1-2H3,(H,20,22);1H. The first-order valence-corrected chi connectivity index (χ1v) is 8.23. The zero-order valence-electron chi connectivity index (χ0n) is 15.5. The predicted molar refractivity (Wildman–Crippen MR) is 107 cm³/mol. The number of nitro groups is 1. The molecule has 0 heterocycles. The number of carbonyl (C=O) groups is 1. The van der Waals surface area contributed by atoms with E-state index in [0.29, 0.717) is 31.2 Å². The van der Waals surface area contributed by atoms with Gasteiger partial charge in [0.05, 0.1) is 24.7 Å². The zero-order chi connectivity index (χ0) is 19.8. The third-order valence-electron chi connectivity index (χ3n) is 3.52. The summed E-state index contributed by atoms with van der Waals surface area (Å²) in [6.45, 7) is 2.85. The summed E-state index contributed by atoms with van der Waals surface area (Å²) in [6.07, 6.45) is 0. The molecule has 0 atom stereocenters. The van der Waals surface area contributed by atoms with Gasteiger partial charge in [-0.25, -0.2) is 0 Å². The van der Waals surface area contributed by atoms with Crippen LogP contribution in [0.1, 0.15) is 17.3 Å². The number of methoxy groups -OCH3 is 1. The first-order valence-electron chi connectivity index (χ1n) is 8.23. The Morgan fingerprint density at radius 1 is 1.18 bits per heavy atom. The molecule has 0 aromatic heterocycles. The highest BCUT2D eigenvalue weighted by Gasteiger charge is 2.24. The smallest absolute Gasteiger partial charge is 0.286 e. The summed E-state index contributed by atoms with van der Waals surface area (Å²) in [6, 6.07) is 9.06. The molecule has 0 unspecified atom stereocenters. The van der Waals surface area contributed by atoms with Gasteiger partial charge in [-0.2, -0.15) is 0 Å². The van der Waals surface area contributed by atoms with Crippen LogP contribution in [0.2, 0.25) is 0 Å². The fourth-order valence-electron chi connectivity index (χ4n) is 2.32. The van der Waals surface area contributed by atoms with E-state index < -0.39 is 10.8 Å². The minimum atomic E-state index is -0.642. The van der Waals surface area contributed by atoms with Gasteiger partial charge in [0.25, 0.3) is 11.6 Å². The monoisotopic (exact) mass is 411 g/mol. The van der Waals surface area contributed by atoms with E-state index in [0.717, 1.165) is 0 Å². The molecule has 0 aliphatic rings. The summed E-state index contributed by atoms with van der Waals surface area (Å²) >= 11 is 0. The number of carbonyl (C=O) groups excluding carboxylic acids is 1. The number of hydrogen-bond donors (Lipinski definition) is 2. The minimum absolute atomic E-state index is 0. The van der Waals surface area contributed by atoms with Crippen molar-refractivity contribution in [3.8, 4) is 17.2 Å². The van der Waals surface area contributed by atoms with Crippen molar-refractivity contribution in [2.45, 2.75) is 6.92 Å². The second kappa shape index (κ2) is 11.0. The summed E-state index contributed by atoms with van der Waals surface area (Å²) in [5.41, 5.74) is 5.32. The molecule has 0 saturated heterocycles. The highest BCUT2D eigenvalue weighted by atomic mass is 35.5. The number of halogens is 1. The number of anilines is 1. The topological polar surface area (TPSA) is 126 Å². The normalized spacial score (nSPS) is 9.82. The van der Waals surface area contributed by atoms with Gasteiger partial charge in [0, 0.05) is 18.3 Å². The molecule has 0 spiro atoms. The van der Waals surface area contributed by atoms with Crippen molar-refractivity contribution in [2.24, 2.45) is 5.73 Å². The molecule has 0 radical (unpaired) electrons. The predicted octanol–water partition coefficient (Wildman–Crippen LogP) is 3.01. The number of rotatable bonds is 9. The second-order valence-corrected chi connectivity index (χ2v) is 5.33. The van der Waals surface area contributed by atoms with E-state index in [9.17, 15) is 14.9 Å². The Hall–Kier alpha value is -3.04. The second-order valence-electron chi connectivity index (χ2n) is 5.33. The number of nitro benzene ring substituents is 1. The summed E-state index contributed by atoms with van der Waals surface area (Å²) in [5, 5.41) is 14.0. The zero-order valence-corrected chi connectivity index (χ0v) is 16.3. The molecule has 9 nitrogen and oxygen atoms in total. The number of ether oxygens (including phenoxy) is 3. The van der Waals surface area contributed by atoms with Crippen molar-refractivity contribution in [2.75, 3.05) is 32.2 Å². The van der Waals surface area contributed by atoms with Gasteiger partial charge in [0.2, 0.25) is 0 Å². The Morgan fingerprint density at radius 3 is 2.39 bits per heavy atom. The number of nitrogens with two attached hydrogens (primary N) is 1. The van der Waals surface area contributed by atoms with Gasteiger partial charge in [0.1, 0.15) is 17.9 Å². The summed E-state index contributed by atoms with van der Waals surface area (Å²) in [7, 11) is 1.37. The van der Waals surface area contributed by atoms with Crippen LogP contribution in [0, 0.1) is 10.1 Å². The van der Waals surface area contributed by atoms with Crippen LogP contribution < -0.4 is 25.3 Å². The summed E-state index contributed by atoms with van der Waals surface area (Å²) in [4.78, 5) is 23.3. The quantitative estimate of drug-likeness (QED) is 0.479. The summed E-state index contributed by atoms with van der Waals surface area (Å²) in [5.74, 6) is 0.399. The first kappa shape index (κ1) is 23.0. The lowest BCUT2D eigenvalue weighted by Crippen LogP contribution is -2.15. The number of benzene rings is 2. The Morgan fingerprint density at radius 2 is 1.86 bits per heavy atom. The van der Waals surface area contributed by atoms with Crippen LogP contribution in [0.5, 0.6) is 17.2 Å². The highest BCUT2D eigenvalue weighted by molar-refractivity contribution is 6.07. The van der Waals surface area contributed by atoms with Crippen LogP contribution in [0.4, 0.5) is 11.4 Å². The van der Waals surface area contributed by atoms with Gasteiger partial charge >= 0.3 is 0 Å². The number of hydrogen-bond acceptors (Lipinski definition) is 7. The molecule has 1 amide bonds. The van der Waals surface area contributed by atoms with Gasteiger partial charge in [-0.05, 0) is 31.2 Å². The van der Waals surface area contributed by atoms with Gasteiger partial charge in [-0.1, -0.05) is 0 Å². The van der Waals surface area contributed by atoms with Crippen LogP contribution >= 0.6 is 12.4 Å². The molecule has 2 aromatic carbocycles. The fourth-order valence-corrected chi connectivity index (χ4v) is 2.32. The van der Waals surface area contributed by atoms with Crippen molar-refractivity contribution in [3.05, 3.63) is 52.1 Å². The van der Waals surface area contributed by atoms with E-state index in [-0.39, 0.29) is 35.2 Å². The molecule has 0 bridgehead atoms. The Labute approximate surface area is 168 Å². The molecule has 2 rings (SSSR count). The lowest BCUT2D eigenvalue weighted by Gasteiger charge is -2.12. The van der Waals surface area contributed by atoms with Crippen molar-refractivity contribution in [3.63, 3.8) is 0 Å². The first-order chi connectivity index (χ1) is 13.0. The minimum Gasteiger partial charge on any atom is -0.493 e. The van der Waals surface area contributed by atoms with Crippen molar-refractivity contribution < 1.29 is 23.9 Å². The Bertz CT molecular complexity index is 814. The van der Waals surface area contributed by atoms with Crippen LogP contribution in [-0.2, 0) is 0 Å². The van der Waals surface area contributed by atoms with E-state index in [1.165, 1.54) is 19.2 Å². The molecule has 0 saturated carbocycles. The molecule has 0 fully saturated rings. The molecule has 3 N–H and O–H groups in total. The van der Waals surface area contributed by atoms with Gasteiger partial charge in [-0.3, -0.25) is 14.9 Å². The molecule has 152 valence electrons. The number of nitrogens with zero attached hydrogens (tertiary/aromatic N) is 1. The highest BCUT2D eigenvalue weighted by Crippen LogP contribution is 2.35. The Balaban J connectivity index is 0.00000392.